The quantitative estimate of drug-likeness (QED) is 0.510. The summed E-state index contributed by atoms with van der Waals surface area (Å²) in [6.45, 7) is 1.58. The van der Waals surface area contributed by atoms with Crippen molar-refractivity contribution in [2.45, 2.75) is 0 Å². The van der Waals surface area contributed by atoms with Crippen molar-refractivity contribution < 1.29 is 9.84 Å². The van der Waals surface area contributed by atoms with Crippen LogP contribution in [-0.2, 0) is 4.74 Å². The number of anilines is 2. The largest absolute Gasteiger partial charge is 0.397 e. The fourth-order valence-electron chi connectivity index (χ4n) is 1.12. The molecule has 0 radical (unpaired) electrons. The highest BCUT2D eigenvalue weighted by Crippen LogP contribution is 2.22. The monoisotopic (exact) mass is 230 g/mol. The molecule has 0 heterocycles. The van der Waals surface area contributed by atoms with E-state index in [-0.39, 0.29) is 6.61 Å². The Bertz CT molecular complexity index is 307. The zero-order chi connectivity index (χ0) is 11.1. The Morgan fingerprint density at radius 3 is 2.87 bits per heavy atom. The van der Waals surface area contributed by atoms with Crippen molar-refractivity contribution in [1.29, 1.82) is 0 Å². The van der Waals surface area contributed by atoms with Crippen LogP contribution in [0.2, 0.25) is 5.02 Å². The first-order chi connectivity index (χ1) is 7.24. The van der Waals surface area contributed by atoms with Gasteiger partial charge in [-0.3, -0.25) is 0 Å². The molecule has 15 heavy (non-hydrogen) atoms. The van der Waals surface area contributed by atoms with Crippen molar-refractivity contribution in [3.05, 3.63) is 23.2 Å². The van der Waals surface area contributed by atoms with Crippen LogP contribution in [0.5, 0.6) is 0 Å². The van der Waals surface area contributed by atoms with Gasteiger partial charge in [0, 0.05) is 11.6 Å². The molecule has 0 spiro atoms. The molecule has 0 unspecified atom stereocenters. The molecule has 1 rings (SSSR count). The lowest BCUT2D eigenvalue weighted by Gasteiger charge is -2.09. The van der Waals surface area contributed by atoms with Crippen LogP contribution in [0.25, 0.3) is 0 Å². The maximum Gasteiger partial charge on any atom is 0.0698 e. The third kappa shape index (κ3) is 4.38. The maximum atomic E-state index is 8.48. The smallest absolute Gasteiger partial charge is 0.0698 e. The summed E-state index contributed by atoms with van der Waals surface area (Å²) < 4.78 is 5.09. The van der Waals surface area contributed by atoms with Gasteiger partial charge >= 0.3 is 0 Å². The molecule has 0 amide bonds. The van der Waals surface area contributed by atoms with Crippen LogP contribution in [0.15, 0.2) is 18.2 Å². The minimum Gasteiger partial charge on any atom is -0.397 e. The number of rotatable bonds is 6. The van der Waals surface area contributed by atoms with E-state index in [2.05, 4.69) is 5.32 Å². The predicted octanol–water partition coefficient (Wildman–Crippen LogP) is 1.34. The maximum absolute atomic E-state index is 8.48. The van der Waals surface area contributed by atoms with Gasteiger partial charge in [-0.15, -0.1) is 0 Å². The van der Waals surface area contributed by atoms with Crippen molar-refractivity contribution in [1.82, 2.24) is 0 Å². The highest BCUT2D eigenvalue weighted by molar-refractivity contribution is 6.31. The third-order valence-electron chi connectivity index (χ3n) is 1.81. The second-order valence-electron chi connectivity index (χ2n) is 2.99. The Hall–Kier alpha value is -0.970. The average molecular weight is 231 g/mol. The van der Waals surface area contributed by atoms with Gasteiger partial charge in [-0.2, -0.15) is 0 Å². The number of aliphatic hydroxyl groups is 1. The molecule has 4 nitrogen and oxygen atoms in total. The number of nitrogens with two attached hydrogens (primary N) is 1. The minimum absolute atomic E-state index is 0.0447. The summed E-state index contributed by atoms with van der Waals surface area (Å²) in [6.07, 6.45) is 0. The minimum atomic E-state index is 0.0447. The fourth-order valence-corrected chi connectivity index (χ4v) is 1.30. The number of aliphatic hydroxyl groups excluding tert-OH is 1. The molecule has 0 bridgehead atoms. The molecule has 0 saturated carbocycles. The molecule has 1 aromatic carbocycles. The van der Waals surface area contributed by atoms with Gasteiger partial charge < -0.3 is 20.9 Å². The van der Waals surface area contributed by atoms with E-state index < -0.39 is 0 Å². The Balaban J connectivity index is 2.31. The van der Waals surface area contributed by atoms with Crippen molar-refractivity contribution in [3.63, 3.8) is 0 Å². The summed E-state index contributed by atoms with van der Waals surface area (Å²) in [5.41, 5.74) is 7.19. The van der Waals surface area contributed by atoms with E-state index >= 15 is 0 Å². The number of hydrogen-bond donors (Lipinski definition) is 3. The number of hydrogen-bond acceptors (Lipinski definition) is 4. The normalized spacial score (nSPS) is 10.3. The zero-order valence-electron chi connectivity index (χ0n) is 8.37. The highest BCUT2D eigenvalue weighted by Gasteiger charge is 1.98. The van der Waals surface area contributed by atoms with Crippen LogP contribution >= 0.6 is 11.6 Å². The molecule has 0 aliphatic heterocycles. The average Bonchev–Trinajstić information content (AvgIpc) is 2.20. The van der Waals surface area contributed by atoms with Gasteiger partial charge in [0.2, 0.25) is 0 Å². The molecule has 0 aromatic heterocycles. The van der Waals surface area contributed by atoms with Gasteiger partial charge in [0.15, 0.2) is 0 Å². The Labute approximate surface area is 94.0 Å². The van der Waals surface area contributed by atoms with Gasteiger partial charge in [-0.25, -0.2) is 0 Å². The van der Waals surface area contributed by atoms with E-state index in [1.54, 1.807) is 12.1 Å². The summed E-state index contributed by atoms with van der Waals surface area (Å²) >= 11 is 5.76. The second kappa shape index (κ2) is 6.50. The number of halogens is 1. The Kier molecular flexibility index (Phi) is 5.25. The molecule has 84 valence electrons. The number of benzene rings is 1. The topological polar surface area (TPSA) is 67.5 Å². The molecule has 1 aromatic rings. The molecule has 5 heteroatoms. The van der Waals surface area contributed by atoms with Crippen LogP contribution in [0.1, 0.15) is 0 Å². The van der Waals surface area contributed by atoms with Crippen LogP contribution < -0.4 is 11.1 Å². The molecule has 4 N–H and O–H groups in total. The molecule has 0 saturated heterocycles. The summed E-state index contributed by atoms with van der Waals surface area (Å²) in [6, 6.07) is 5.29. The van der Waals surface area contributed by atoms with E-state index in [1.165, 1.54) is 0 Å². The fraction of sp³-hybridized carbons (Fsp3) is 0.400. The van der Waals surface area contributed by atoms with E-state index in [0.29, 0.717) is 30.5 Å². The number of ether oxygens (including phenoxy) is 1. The lowest BCUT2D eigenvalue weighted by atomic mass is 10.2. The van der Waals surface area contributed by atoms with Gasteiger partial charge in [0.25, 0.3) is 0 Å². The van der Waals surface area contributed by atoms with E-state index in [9.17, 15) is 0 Å². The number of nitrogen functional groups attached to an aromatic ring is 1. The first kappa shape index (κ1) is 12.1. The van der Waals surface area contributed by atoms with Crippen molar-refractivity contribution in [2.75, 3.05) is 37.4 Å². The SMILES string of the molecule is Nc1cc(Cl)ccc1NCCOCCO. The van der Waals surface area contributed by atoms with E-state index in [0.717, 1.165) is 5.69 Å². The van der Waals surface area contributed by atoms with E-state index in [4.69, 9.17) is 27.2 Å². The third-order valence-corrected chi connectivity index (χ3v) is 2.05. The standard InChI is InChI=1S/C10H15ClN2O2/c11-8-1-2-10(9(12)7-8)13-3-5-15-6-4-14/h1-2,7,13-14H,3-6,12H2. The molecule has 0 aliphatic rings. The molecule has 0 aliphatic carbocycles. The Morgan fingerprint density at radius 1 is 1.40 bits per heavy atom. The van der Waals surface area contributed by atoms with Crippen molar-refractivity contribution >= 4 is 23.0 Å². The van der Waals surface area contributed by atoms with Crippen LogP contribution in [0, 0.1) is 0 Å². The van der Waals surface area contributed by atoms with Crippen LogP contribution in [0.4, 0.5) is 11.4 Å². The summed E-state index contributed by atoms with van der Waals surface area (Å²) in [7, 11) is 0. The summed E-state index contributed by atoms with van der Waals surface area (Å²) in [5.74, 6) is 0. The predicted molar refractivity (Wildman–Crippen MR) is 62.3 cm³/mol. The molecular weight excluding hydrogens is 216 g/mol. The van der Waals surface area contributed by atoms with E-state index in [1.807, 2.05) is 6.07 Å². The van der Waals surface area contributed by atoms with Gasteiger partial charge in [0.05, 0.1) is 31.2 Å². The van der Waals surface area contributed by atoms with Crippen LogP contribution in [-0.4, -0.2) is 31.5 Å². The first-order valence-electron chi connectivity index (χ1n) is 4.71. The summed E-state index contributed by atoms with van der Waals surface area (Å²) in [5, 5.41) is 12.2. The highest BCUT2D eigenvalue weighted by atomic mass is 35.5. The lowest BCUT2D eigenvalue weighted by Crippen LogP contribution is -2.12. The molecular formula is C10H15ClN2O2. The molecule has 0 fully saturated rings. The number of nitrogens with one attached hydrogen (secondary N) is 1. The van der Waals surface area contributed by atoms with Crippen molar-refractivity contribution in [3.8, 4) is 0 Å². The Morgan fingerprint density at radius 2 is 2.20 bits per heavy atom. The first-order valence-corrected chi connectivity index (χ1v) is 5.09. The second-order valence-corrected chi connectivity index (χ2v) is 3.43. The van der Waals surface area contributed by atoms with Gasteiger partial charge in [-0.05, 0) is 18.2 Å². The van der Waals surface area contributed by atoms with Crippen LogP contribution in [0.3, 0.4) is 0 Å². The van der Waals surface area contributed by atoms with Crippen molar-refractivity contribution in [2.24, 2.45) is 0 Å². The molecule has 0 atom stereocenters. The van der Waals surface area contributed by atoms with Gasteiger partial charge in [0.1, 0.15) is 0 Å². The van der Waals surface area contributed by atoms with Gasteiger partial charge in [-0.1, -0.05) is 11.6 Å². The lowest BCUT2D eigenvalue weighted by molar-refractivity contribution is 0.0992. The summed E-state index contributed by atoms with van der Waals surface area (Å²) in [4.78, 5) is 0. The zero-order valence-corrected chi connectivity index (χ0v) is 9.13.